The van der Waals surface area contributed by atoms with Gasteiger partial charge in [0.1, 0.15) is 0 Å². The van der Waals surface area contributed by atoms with E-state index in [9.17, 15) is 23.3 Å². The molecule has 26 heavy (non-hydrogen) atoms. The third kappa shape index (κ3) is 4.21. The lowest BCUT2D eigenvalue weighted by Crippen LogP contribution is -2.22. The van der Waals surface area contributed by atoms with Gasteiger partial charge in [-0.3, -0.25) is 14.9 Å². The molecule has 0 aromatic heterocycles. The van der Waals surface area contributed by atoms with Crippen molar-refractivity contribution in [1.29, 1.82) is 0 Å². The Morgan fingerprint density at radius 1 is 1.19 bits per heavy atom. The number of benzene rings is 2. The summed E-state index contributed by atoms with van der Waals surface area (Å²) in [7, 11) is -0.817. The molecular weight excluding hydrogens is 378 g/mol. The molecule has 8 nitrogen and oxygen atoms in total. The maximum absolute atomic E-state index is 12.4. The normalized spacial score (nSPS) is 11.4. The first kappa shape index (κ1) is 19.9. The molecule has 2 rings (SSSR count). The summed E-state index contributed by atoms with van der Waals surface area (Å²) < 4.78 is 25.4. The number of carbonyl (C=O) groups is 1. The Kier molecular flexibility index (Phi) is 6.01. The van der Waals surface area contributed by atoms with E-state index in [1.807, 2.05) is 0 Å². The maximum atomic E-state index is 12.4. The SMILES string of the molecule is CSc1ccc(C(=O)Nc2cccc(S(=O)(=O)N(C)C)c2)cc1[N+](=O)[O-]. The zero-order valence-corrected chi connectivity index (χ0v) is 15.9. The van der Waals surface area contributed by atoms with Crippen LogP contribution < -0.4 is 5.32 Å². The van der Waals surface area contributed by atoms with E-state index in [-0.39, 0.29) is 21.8 Å². The van der Waals surface area contributed by atoms with Gasteiger partial charge in [0.25, 0.3) is 11.6 Å². The number of rotatable bonds is 6. The molecular formula is C16H17N3O5S2. The van der Waals surface area contributed by atoms with Crippen LogP contribution in [0, 0.1) is 10.1 Å². The first-order valence-electron chi connectivity index (χ1n) is 7.33. The summed E-state index contributed by atoms with van der Waals surface area (Å²) in [5, 5.41) is 13.7. The van der Waals surface area contributed by atoms with Gasteiger partial charge in [-0.1, -0.05) is 6.07 Å². The van der Waals surface area contributed by atoms with Crippen molar-refractivity contribution in [3.05, 3.63) is 58.1 Å². The van der Waals surface area contributed by atoms with Crippen molar-refractivity contribution < 1.29 is 18.1 Å². The molecule has 0 spiro atoms. The van der Waals surface area contributed by atoms with Crippen molar-refractivity contribution in [3.8, 4) is 0 Å². The van der Waals surface area contributed by atoms with Gasteiger partial charge >= 0.3 is 0 Å². The molecule has 1 amide bonds. The largest absolute Gasteiger partial charge is 0.322 e. The van der Waals surface area contributed by atoms with E-state index in [0.717, 1.165) is 4.31 Å². The first-order valence-corrected chi connectivity index (χ1v) is 9.99. The van der Waals surface area contributed by atoms with Crippen LogP contribution in [0.15, 0.2) is 52.3 Å². The minimum Gasteiger partial charge on any atom is -0.322 e. The number of nitrogens with one attached hydrogen (secondary N) is 1. The van der Waals surface area contributed by atoms with Crippen LogP contribution in [0.4, 0.5) is 11.4 Å². The third-order valence-electron chi connectivity index (χ3n) is 3.51. The first-order chi connectivity index (χ1) is 12.2. The van der Waals surface area contributed by atoms with Crippen molar-refractivity contribution in [2.45, 2.75) is 9.79 Å². The highest BCUT2D eigenvalue weighted by atomic mass is 32.2. The van der Waals surface area contributed by atoms with Crippen LogP contribution in [-0.4, -0.2) is 43.9 Å². The summed E-state index contributed by atoms with van der Waals surface area (Å²) in [6.07, 6.45) is 1.71. The van der Waals surface area contributed by atoms with Gasteiger partial charge in [0.2, 0.25) is 10.0 Å². The van der Waals surface area contributed by atoms with Gasteiger partial charge in [-0.05, 0) is 36.6 Å². The van der Waals surface area contributed by atoms with Gasteiger partial charge in [-0.15, -0.1) is 11.8 Å². The van der Waals surface area contributed by atoms with Crippen molar-refractivity contribution in [2.24, 2.45) is 0 Å². The maximum Gasteiger partial charge on any atom is 0.283 e. The highest BCUT2D eigenvalue weighted by molar-refractivity contribution is 7.98. The Bertz CT molecular complexity index is 958. The van der Waals surface area contributed by atoms with Crippen LogP contribution in [0.1, 0.15) is 10.4 Å². The molecule has 138 valence electrons. The van der Waals surface area contributed by atoms with E-state index in [2.05, 4.69) is 5.32 Å². The second kappa shape index (κ2) is 7.85. The number of hydrogen-bond donors (Lipinski definition) is 1. The molecule has 2 aromatic rings. The van der Waals surface area contributed by atoms with E-state index in [1.165, 1.54) is 68.3 Å². The number of nitrogens with zero attached hydrogens (tertiary/aromatic N) is 2. The molecule has 0 saturated carbocycles. The van der Waals surface area contributed by atoms with E-state index in [4.69, 9.17) is 0 Å². The van der Waals surface area contributed by atoms with Crippen LogP contribution in [0.2, 0.25) is 0 Å². The summed E-state index contributed by atoms with van der Waals surface area (Å²) in [6.45, 7) is 0. The number of nitro benzene ring substituents is 1. The molecule has 0 atom stereocenters. The van der Waals surface area contributed by atoms with Gasteiger partial charge in [0.15, 0.2) is 0 Å². The van der Waals surface area contributed by atoms with Gasteiger partial charge in [0.05, 0.1) is 14.7 Å². The number of anilines is 1. The van der Waals surface area contributed by atoms with Crippen LogP contribution >= 0.6 is 11.8 Å². The molecule has 10 heteroatoms. The van der Waals surface area contributed by atoms with Crippen molar-refractivity contribution >= 4 is 39.1 Å². The third-order valence-corrected chi connectivity index (χ3v) is 6.10. The average molecular weight is 395 g/mol. The fourth-order valence-electron chi connectivity index (χ4n) is 2.12. The fourth-order valence-corrected chi connectivity index (χ4v) is 3.62. The molecule has 1 N–H and O–H groups in total. The van der Waals surface area contributed by atoms with Crippen LogP contribution in [-0.2, 0) is 10.0 Å². The van der Waals surface area contributed by atoms with Crippen molar-refractivity contribution in [2.75, 3.05) is 25.7 Å². The molecule has 0 radical (unpaired) electrons. The Morgan fingerprint density at radius 3 is 2.46 bits per heavy atom. The minimum absolute atomic E-state index is 0.0315. The molecule has 0 unspecified atom stereocenters. The zero-order valence-electron chi connectivity index (χ0n) is 14.3. The Labute approximate surface area is 155 Å². The summed E-state index contributed by atoms with van der Waals surface area (Å²) in [6, 6.07) is 9.98. The van der Waals surface area contributed by atoms with Gasteiger partial charge in [-0.2, -0.15) is 0 Å². The van der Waals surface area contributed by atoms with Gasteiger partial charge in [-0.25, -0.2) is 12.7 Å². The Hall–Kier alpha value is -2.43. The second-order valence-electron chi connectivity index (χ2n) is 5.41. The monoisotopic (exact) mass is 395 g/mol. The molecule has 0 aliphatic rings. The molecule has 0 heterocycles. The predicted octanol–water partition coefficient (Wildman–Crippen LogP) is 2.82. The highest BCUT2D eigenvalue weighted by Crippen LogP contribution is 2.28. The smallest absolute Gasteiger partial charge is 0.283 e. The number of amides is 1. The lowest BCUT2D eigenvalue weighted by molar-refractivity contribution is -0.387. The van der Waals surface area contributed by atoms with E-state index in [0.29, 0.717) is 4.90 Å². The van der Waals surface area contributed by atoms with Crippen molar-refractivity contribution in [1.82, 2.24) is 4.31 Å². The quantitative estimate of drug-likeness (QED) is 0.457. The zero-order chi connectivity index (χ0) is 19.5. The standard InChI is InChI=1S/C16H17N3O5S2/c1-18(2)26(23,24)13-6-4-5-12(10-13)17-16(20)11-7-8-15(25-3)14(9-11)19(21)22/h4-10H,1-3H3,(H,17,20). The number of nitro groups is 1. The molecule has 0 aliphatic carbocycles. The van der Waals surface area contributed by atoms with Gasteiger partial charge < -0.3 is 5.32 Å². The highest BCUT2D eigenvalue weighted by Gasteiger charge is 2.19. The predicted molar refractivity (Wildman–Crippen MR) is 100 cm³/mol. The number of hydrogen-bond acceptors (Lipinski definition) is 6. The second-order valence-corrected chi connectivity index (χ2v) is 8.41. The summed E-state index contributed by atoms with van der Waals surface area (Å²) in [5.74, 6) is -0.569. The number of carbonyl (C=O) groups excluding carboxylic acids is 1. The molecule has 0 fully saturated rings. The van der Waals surface area contributed by atoms with Crippen LogP contribution in [0.5, 0.6) is 0 Å². The Morgan fingerprint density at radius 2 is 1.88 bits per heavy atom. The van der Waals surface area contributed by atoms with E-state index >= 15 is 0 Å². The molecule has 0 bridgehead atoms. The minimum atomic E-state index is -3.64. The van der Waals surface area contributed by atoms with Gasteiger partial charge in [0, 0.05) is 31.4 Å². The summed E-state index contributed by atoms with van der Waals surface area (Å²) in [4.78, 5) is 23.4. The fraction of sp³-hybridized carbons (Fsp3) is 0.188. The van der Waals surface area contributed by atoms with E-state index in [1.54, 1.807) is 6.26 Å². The Balaban J connectivity index is 2.31. The number of thioether (sulfide) groups is 1. The van der Waals surface area contributed by atoms with E-state index < -0.39 is 20.9 Å². The lowest BCUT2D eigenvalue weighted by Gasteiger charge is -2.12. The summed E-state index contributed by atoms with van der Waals surface area (Å²) in [5.41, 5.74) is 0.221. The number of sulfonamides is 1. The van der Waals surface area contributed by atoms with Crippen LogP contribution in [0.3, 0.4) is 0 Å². The van der Waals surface area contributed by atoms with Crippen LogP contribution in [0.25, 0.3) is 0 Å². The molecule has 0 aliphatic heterocycles. The molecule has 0 saturated heterocycles. The average Bonchev–Trinajstić information content (AvgIpc) is 2.61. The molecule has 2 aromatic carbocycles. The summed E-state index contributed by atoms with van der Waals surface area (Å²) >= 11 is 1.21. The lowest BCUT2D eigenvalue weighted by atomic mass is 10.2. The van der Waals surface area contributed by atoms with Crippen molar-refractivity contribution in [3.63, 3.8) is 0 Å². The topological polar surface area (TPSA) is 110 Å².